The van der Waals surface area contributed by atoms with Crippen molar-refractivity contribution in [2.45, 2.75) is 54.0 Å². The largest absolute Gasteiger partial charge is 0.293 e. The van der Waals surface area contributed by atoms with Gasteiger partial charge in [-0.25, -0.2) is 0 Å². The van der Waals surface area contributed by atoms with Crippen molar-refractivity contribution in [1.29, 1.82) is 0 Å². The molecule has 0 aromatic heterocycles. The van der Waals surface area contributed by atoms with Crippen molar-refractivity contribution in [3.05, 3.63) is 59.1 Å². The summed E-state index contributed by atoms with van der Waals surface area (Å²) < 4.78 is 0. The number of piperidine rings is 1. The van der Waals surface area contributed by atoms with Crippen molar-refractivity contribution >= 4 is 23.4 Å². The second kappa shape index (κ2) is 6.88. The smallest absolute Gasteiger partial charge is 0.0406 e. The number of nitrogens with zero attached hydrogens (tertiary/aromatic N) is 1. The maximum Gasteiger partial charge on any atom is 0.0406 e. The predicted molar refractivity (Wildman–Crippen MR) is 98.3 cm³/mol. The van der Waals surface area contributed by atoms with Gasteiger partial charge in [-0.05, 0) is 74.2 Å². The topological polar surface area (TPSA) is 3.24 Å². The average Bonchev–Trinajstić information content (AvgIpc) is 3.02. The van der Waals surface area contributed by atoms with Crippen molar-refractivity contribution in [3.63, 3.8) is 0 Å². The van der Waals surface area contributed by atoms with E-state index >= 15 is 0 Å². The van der Waals surface area contributed by atoms with Gasteiger partial charge in [-0.15, -0.1) is 0 Å². The standard InChI is InChI=1S/C20H22ClNS/c21-16-6-11-19(12-7-16)23-18-9-4-15(5-10-18)20-13-8-17-3-1-2-14-22(17)20/h4-7,9-12,17,20H,1-3,8,13-14H2/t17-,20-/m0/s1. The third kappa shape index (κ3) is 3.45. The Hall–Kier alpha value is -0.960. The zero-order valence-electron chi connectivity index (χ0n) is 13.2. The van der Waals surface area contributed by atoms with Crippen LogP contribution < -0.4 is 0 Å². The highest BCUT2D eigenvalue weighted by molar-refractivity contribution is 7.99. The minimum Gasteiger partial charge on any atom is -0.293 e. The number of fused-ring (bicyclic) bond motifs is 1. The van der Waals surface area contributed by atoms with Gasteiger partial charge in [-0.3, -0.25) is 4.90 Å². The van der Waals surface area contributed by atoms with E-state index in [4.69, 9.17) is 11.6 Å². The molecule has 3 heteroatoms. The second-order valence-electron chi connectivity index (χ2n) is 6.61. The van der Waals surface area contributed by atoms with Crippen molar-refractivity contribution in [2.24, 2.45) is 0 Å². The molecule has 0 aliphatic carbocycles. The molecule has 0 spiro atoms. The van der Waals surface area contributed by atoms with E-state index in [0.717, 1.165) is 11.1 Å². The molecule has 2 aliphatic rings. The number of hydrogen-bond acceptors (Lipinski definition) is 2. The molecule has 2 aromatic carbocycles. The van der Waals surface area contributed by atoms with Crippen LogP contribution in [0.3, 0.4) is 0 Å². The lowest BCUT2D eigenvalue weighted by Gasteiger charge is -2.34. The van der Waals surface area contributed by atoms with Crippen molar-refractivity contribution < 1.29 is 0 Å². The summed E-state index contributed by atoms with van der Waals surface area (Å²) in [6.45, 7) is 1.29. The van der Waals surface area contributed by atoms with Gasteiger partial charge in [0.1, 0.15) is 0 Å². The zero-order valence-corrected chi connectivity index (χ0v) is 14.8. The molecule has 2 saturated heterocycles. The molecule has 0 N–H and O–H groups in total. The van der Waals surface area contributed by atoms with Gasteiger partial charge >= 0.3 is 0 Å². The summed E-state index contributed by atoms with van der Waals surface area (Å²) in [5.41, 5.74) is 1.50. The van der Waals surface area contributed by atoms with E-state index in [9.17, 15) is 0 Å². The summed E-state index contributed by atoms with van der Waals surface area (Å²) in [4.78, 5) is 5.29. The molecule has 2 aliphatic heterocycles. The van der Waals surface area contributed by atoms with Crippen LogP contribution in [0.25, 0.3) is 0 Å². The van der Waals surface area contributed by atoms with Crippen LogP contribution in [0, 0.1) is 0 Å². The molecule has 2 heterocycles. The van der Waals surface area contributed by atoms with E-state index in [-0.39, 0.29) is 0 Å². The van der Waals surface area contributed by atoms with E-state index in [2.05, 4.69) is 41.3 Å². The summed E-state index contributed by atoms with van der Waals surface area (Å²) in [5.74, 6) is 0. The van der Waals surface area contributed by atoms with Crippen LogP contribution in [0.4, 0.5) is 0 Å². The highest BCUT2D eigenvalue weighted by Gasteiger charge is 2.35. The van der Waals surface area contributed by atoms with Crippen molar-refractivity contribution in [1.82, 2.24) is 4.90 Å². The normalized spacial score (nSPS) is 24.6. The quantitative estimate of drug-likeness (QED) is 0.654. The summed E-state index contributed by atoms with van der Waals surface area (Å²) in [6, 6.07) is 18.8. The molecule has 0 radical (unpaired) electrons. The highest BCUT2D eigenvalue weighted by atomic mass is 35.5. The van der Waals surface area contributed by atoms with E-state index in [1.54, 1.807) is 11.8 Å². The first-order valence-corrected chi connectivity index (χ1v) is 9.78. The third-order valence-electron chi connectivity index (χ3n) is 5.16. The van der Waals surface area contributed by atoms with Crippen LogP contribution in [-0.2, 0) is 0 Å². The lowest BCUT2D eigenvalue weighted by Crippen LogP contribution is -2.35. The van der Waals surface area contributed by atoms with E-state index in [1.165, 1.54) is 54.0 Å². The SMILES string of the molecule is Clc1ccc(Sc2ccc([C@@H]3CC[C@@H]4CCCCN43)cc2)cc1. The highest BCUT2D eigenvalue weighted by Crippen LogP contribution is 2.40. The van der Waals surface area contributed by atoms with Crippen molar-refractivity contribution in [2.75, 3.05) is 6.54 Å². The molecular weight excluding hydrogens is 322 g/mol. The molecule has 2 fully saturated rings. The van der Waals surface area contributed by atoms with E-state index in [1.807, 2.05) is 12.1 Å². The number of rotatable bonds is 3. The molecule has 0 unspecified atom stereocenters. The van der Waals surface area contributed by atoms with Gasteiger partial charge < -0.3 is 0 Å². The van der Waals surface area contributed by atoms with Crippen LogP contribution in [0.2, 0.25) is 5.02 Å². The Kier molecular flexibility index (Phi) is 4.66. The Bertz CT molecular complexity index is 652. The lowest BCUT2D eigenvalue weighted by molar-refractivity contribution is 0.150. The average molecular weight is 344 g/mol. The van der Waals surface area contributed by atoms with Crippen molar-refractivity contribution in [3.8, 4) is 0 Å². The molecular formula is C20H22ClNS. The van der Waals surface area contributed by atoms with Crippen LogP contribution in [0.5, 0.6) is 0 Å². The Morgan fingerprint density at radius 1 is 0.826 bits per heavy atom. The lowest BCUT2D eigenvalue weighted by atomic mass is 10.0. The molecule has 2 aromatic rings. The van der Waals surface area contributed by atoms with Gasteiger partial charge in [-0.2, -0.15) is 0 Å². The molecule has 4 rings (SSSR count). The minimum absolute atomic E-state index is 0.648. The fourth-order valence-corrected chi connectivity index (χ4v) is 4.96. The molecule has 1 nitrogen and oxygen atoms in total. The number of benzene rings is 2. The first kappa shape index (κ1) is 15.6. The zero-order chi connectivity index (χ0) is 15.6. The fourth-order valence-electron chi connectivity index (χ4n) is 4.01. The second-order valence-corrected chi connectivity index (χ2v) is 8.19. The Morgan fingerprint density at radius 3 is 2.26 bits per heavy atom. The van der Waals surface area contributed by atoms with Gasteiger partial charge in [0.25, 0.3) is 0 Å². The summed E-state index contributed by atoms with van der Waals surface area (Å²) in [6.07, 6.45) is 6.91. The van der Waals surface area contributed by atoms with E-state index < -0.39 is 0 Å². The first-order chi connectivity index (χ1) is 11.3. The Balaban J connectivity index is 1.46. The Morgan fingerprint density at radius 2 is 1.52 bits per heavy atom. The minimum atomic E-state index is 0.648. The molecule has 0 saturated carbocycles. The monoisotopic (exact) mass is 343 g/mol. The molecule has 23 heavy (non-hydrogen) atoms. The van der Waals surface area contributed by atoms with Crippen LogP contribution in [0.15, 0.2) is 58.3 Å². The fraction of sp³-hybridized carbons (Fsp3) is 0.400. The van der Waals surface area contributed by atoms with Gasteiger partial charge in [-0.1, -0.05) is 41.9 Å². The maximum absolute atomic E-state index is 5.95. The third-order valence-corrected chi connectivity index (χ3v) is 6.43. The van der Waals surface area contributed by atoms with E-state index in [0.29, 0.717) is 6.04 Å². The predicted octanol–water partition coefficient (Wildman–Crippen LogP) is 6.18. The Labute approximate surface area is 148 Å². The van der Waals surface area contributed by atoms with Gasteiger partial charge in [0.2, 0.25) is 0 Å². The van der Waals surface area contributed by atoms with Gasteiger partial charge in [0, 0.05) is 26.9 Å². The number of halogens is 1. The number of hydrogen-bond donors (Lipinski definition) is 0. The van der Waals surface area contributed by atoms with Crippen LogP contribution in [0.1, 0.15) is 43.7 Å². The van der Waals surface area contributed by atoms with Crippen LogP contribution >= 0.6 is 23.4 Å². The van der Waals surface area contributed by atoms with Crippen LogP contribution in [-0.4, -0.2) is 17.5 Å². The molecule has 120 valence electrons. The summed E-state index contributed by atoms with van der Waals surface area (Å²) in [7, 11) is 0. The maximum atomic E-state index is 5.95. The first-order valence-electron chi connectivity index (χ1n) is 8.59. The van der Waals surface area contributed by atoms with Gasteiger partial charge in [0.15, 0.2) is 0 Å². The van der Waals surface area contributed by atoms with Gasteiger partial charge in [0.05, 0.1) is 0 Å². The molecule has 0 amide bonds. The summed E-state index contributed by atoms with van der Waals surface area (Å²) in [5, 5.41) is 0.794. The molecule has 0 bridgehead atoms. The molecule has 2 atom stereocenters. The summed E-state index contributed by atoms with van der Waals surface area (Å²) >= 11 is 7.75.